The van der Waals surface area contributed by atoms with Crippen LogP contribution in [0.5, 0.6) is 5.75 Å². The maximum absolute atomic E-state index is 13.7. The zero-order valence-corrected chi connectivity index (χ0v) is 21.3. The lowest BCUT2D eigenvalue weighted by Crippen LogP contribution is -2.53. The first-order valence-electron chi connectivity index (χ1n) is 12.5. The summed E-state index contributed by atoms with van der Waals surface area (Å²) >= 11 is 0. The van der Waals surface area contributed by atoms with Crippen LogP contribution in [0.25, 0.3) is 0 Å². The van der Waals surface area contributed by atoms with E-state index in [2.05, 4.69) is 10.1 Å². The summed E-state index contributed by atoms with van der Waals surface area (Å²) in [5, 5.41) is 2.72. The van der Waals surface area contributed by atoms with E-state index in [4.69, 9.17) is 4.74 Å². The predicted molar refractivity (Wildman–Crippen MR) is 128 cm³/mol. The van der Waals surface area contributed by atoms with E-state index in [1.165, 1.54) is 0 Å². The third-order valence-corrected chi connectivity index (χ3v) is 7.16. The van der Waals surface area contributed by atoms with Gasteiger partial charge in [-0.05, 0) is 43.4 Å². The first kappa shape index (κ1) is 28.7. The van der Waals surface area contributed by atoms with Gasteiger partial charge in [0, 0.05) is 17.7 Å². The Morgan fingerprint density at radius 2 is 1.67 bits per heavy atom. The van der Waals surface area contributed by atoms with Crippen molar-refractivity contribution in [3.8, 4) is 5.75 Å². The van der Waals surface area contributed by atoms with E-state index >= 15 is 0 Å². The zero-order valence-electron chi connectivity index (χ0n) is 21.3. The van der Waals surface area contributed by atoms with Gasteiger partial charge in [-0.1, -0.05) is 49.7 Å². The maximum Gasteiger partial charge on any atom is 0.430 e. The van der Waals surface area contributed by atoms with Crippen molar-refractivity contribution >= 4 is 11.9 Å². The van der Waals surface area contributed by atoms with Gasteiger partial charge in [0.25, 0.3) is 11.5 Å². The Bertz CT molecular complexity index is 1220. The monoisotopic (exact) mass is 558 g/mol. The number of amides is 3. The third kappa shape index (κ3) is 4.83. The van der Waals surface area contributed by atoms with Crippen molar-refractivity contribution in [2.24, 2.45) is 0 Å². The van der Waals surface area contributed by atoms with E-state index in [0.29, 0.717) is 24.8 Å². The molecule has 1 fully saturated rings. The number of nitrogens with one attached hydrogen (secondary N) is 1. The van der Waals surface area contributed by atoms with E-state index in [1.807, 2.05) is 0 Å². The minimum Gasteiger partial charge on any atom is -0.493 e. The van der Waals surface area contributed by atoms with E-state index in [9.17, 15) is 35.9 Å². The molecule has 0 aliphatic carbocycles. The molecule has 2 aliphatic rings. The highest BCUT2D eigenvalue weighted by molar-refractivity contribution is 6.07. The number of benzene rings is 2. The van der Waals surface area contributed by atoms with Gasteiger partial charge in [0.15, 0.2) is 0 Å². The molecule has 3 amide bonds. The molecule has 2 aromatic rings. The Balaban J connectivity index is 1.42. The zero-order chi connectivity index (χ0) is 28.6. The molecular weight excluding hydrogens is 530 g/mol. The highest BCUT2D eigenvalue weighted by Gasteiger charge is 2.75. The minimum atomic E-state index is -5.70. The second-order valence-electron chi connectivity index (χ2n) is 9.72. The number of nitrogens with zero attached hydrogens (tertiary/aromatic N) is 1. The Morgan fingerprint density at radius 3 is 2.28 bits per heavy atom. The molecule has 4 rings (SSSR count). The van der Waals surface area contributed by atoms with Gasteiger partial charge >= 0.3 is 18.4 Å². The summed E-state index contributed by atoms with van der Waals surface area (Å²) in [5.41, 5.74) is -5.79. The first-order valence-corrected chi connectivity index (χ1v) is 12.5. The largest absolute Gasteiger partial charge is 0.493 e. The van der Waals surface area contributed by atoms with E-state index in [-0.39, 0.29) is 42.4 Å². The summed E-state index contributed by atoms with van der Waals surface area (Å²) in [6.45, 7) is 2.74. The average Bonchev–Trinajstić information content (AvgIpc) is 3.38. The fraction of sp³-hybridized carbons (Fsp3) is 0.481. The van der Waals surface area contributed by atoms with Crippen LogP contribution < -0.4 is 10.1 Å². The number of alkyl halides is 6. The molecule has 2 aromatic carbocycles. The van der Waals surface area contributed by atoms with Crippen LogP contribution >= 0.6 is 0 Å². The van der Waals surface area contributed by atoms with Gasteiger partial charge in [0.2, 0.25) is 0 Å². The second kappa shape index (κ2) is 10.4. The summed E-state index contributed by atoms with van der Waals surface area (Å²) < 4.78 is 92.4. The molecule has 0 spiro atoms. The molecule has 1 atom stereocenters. The van der Waals surface area contributed by atoms with Crippen LogP contribution in [0.3, 0.4) is 0 Å². The first-order chi connectivity index (χ1) is 18.3. The van der Waals surface area contributed by atoms with Crippen LogP contribution in [0, 0.1) is 0 Å². The Morgan fingerprint density at radius 1 is 1.00 bits per heavy atom. The van der Waals surface area contributed by atoms with Gasteiger partial charge in [0.1, 0.15) is 11.3 Å². The van der Waals surface area contributed by atoms with Crippen LogP contribution in [0.4, 0.5) is 31.1 Å². The van der Waals surface area contributed by atoms with Gasteiger partial charge in [-0.2, -0.15) is 26.3 Å². The fourth-order valence-electron chi connectivity index (χ4n) is 5.13. The smallest absolute Gasteiger partial charge is 0.430 e. The number of hydrogen-bond donors (Lipinski definition) is 1. The Labute approximate surface area is 221 Å². The van der Waals surface area contributed by atoms with Crippen LogP contribution in [0.1, 0.15) is 55.4 Å². The predicted octanol–water partition coefficient (Wildman–Crippen LogP) is 6.12. The number of hydrogen-bond acceptors (Lipinski definition) is 4. The molecule has 1 N–H and O–H groups in total. The molecule has 1 saturated heterocycles. The fourth-order valence-corrected chi connectivity index (χ4v) is 5.13. The van der Waals surface area contributed by atoms with Crippen LogP contribution in [0.2, 0.25) is 0 Å². The summed E-state index contributed by atoms with van der Waals surface area (Å²) in [6.07, 6.45) is -9.96. The molecule has 1 unspecified atom stereocenters. The number of fused-ring (bicyclic) bond motifs is 1. The molecule has 12 heteroatoms. The number of rotatable bonds is 9. The third-order valence-electron chi connectivity index (χ3n) is 7.16. The molecule has 0 radical (unpaired) electrons. The Hall–Kier alpha value is -3.28. The number of ether oxygens (including phenoxy) is 2. The van der Waals surface area contributed by atoms with Crippen molar-refractivity contribution in [1.82, 2.24) is 10.2 Å². The average molecular weight is 559 g/mol. The lowest BCUT2D eigenvalue weighted by atomic mass is 9.87. The molecule has 0 saturated carbocycles. The highest BCUT2D eigenvalue weighted by Crippen LogP contribution is 2.58. The molecule has 0 bridgehead atoms. The van der Waals surface area contributed by atoms with Crippen molar-refractivity contribution < 1.29 is 45.4 Å². The van der Waals surface area contributed by atoms with Gasteiger partial charge in [0.05, 0.1) is 13.2 Å². The molecule has 2 heterocycles. The van der Waals surface area contributed by atoms with Crippen LogP contribution in [-0.2, 0) is 33.7 Å². The SMILES string of the molecule is CCCc1c(OCCCCN2C(=O)NC(C)(c3ccccc3)C2=O)ccc2c1COC2(C(F)(F)F)C(F)(F)F. The maximum atomic E-state index is 13.7. The van der Waals surface area contributed by atoms with Gasteiger partial charge in [-0.25, -0.2) is 4.79 Å². The number of carbonyl (C=O) groups is 2. The lowest BCUT2D eigenvalue weighted by molar-refractivity contribution is -0.385. The van der Waals surface area contributed by atoms with Crippen LogP contribution in [-0.4, -0.2) is 42.3 Å². The van der Waals surface area contributed by atoms with Crippen molar-refractivity contribution in [3.05, 3.63) is 64.7 Å². The van der Waals surface area contributed by atoms with Gasteiger partial charge < -0.3 is 14.8 Å². The summed E-state index contributed by atoms with van der Waals surface area (Å²) in [7, 11) is 0. The molecule has 0 aromatic heterocycles. The molecule has 212 valence electrons. The van der Waals surface area contributed by atoms with Crippen LogP contribution in [0.15, 0.2) is 42.5 Å². The standard InChI is InChI=1S/C27H28F6N2O4/c1-3-9-18-19-16-39-25(26(28,29)30,27(31,32)33)20(19)12-13-21(18)38-15-8-7-14-35-22(36)24(2,34-23(35)37)17-10-5-4-6-11-17/h4-6,10-13H,3,7-9,14-16H2,1-2H3,(H,34,37). The van der Waals surface area contributed by atoms with Gasteiger partial charge in [-0.3, -0.25) is 9.69 Å². The number of imide groups is 1. The molecule has 39 heavy (non-hydrogen) atoms. The number of carbonyl (C=O) groups excluding carboxylic acids is 2. The van der Waals surface area contributed by atoms with Crippen molar-refractivity contribution in [2.45, 2.75) is 69.6 Å². The van der Waals surface area contributed by atoms with Crippen molar-refractivity contribution in [3.63, 3.8) is 0 Å². The number of halogens is 6. The quantitative estimate of drug-likeness (QED) is 0.229. The summed E-state index contributed by atoms with van der Waals surface area (Å²) in [5.74, 6) is -0.202. The number of unbranched alkanes of at least 4 members (excludes halogenated alkanes) is 1. The Kier molecular flexibility index (Phi) is 7.63. The minimum absolute atomic E-state index is 0.0830. The molecule has 6 nitrogen and oxygen atoms in total. The normalized spacial score (nSPS) is 20.8. The van der Waals surface area contributed by atoms with Gasteiger partial charge in [-0.15, -0.1) is 0 Å². The molecule has 2 aliphatic heterocycles. The molecular formula is C27H28F6N2O4. The second-order valence-corrected chi connectivity index (χ2v) is 9.72. The summed E-state index contributed by atoms with van der Waals surface area (Å²) in [4.78, 5) is 26.6. The number of urea groups is 1. The van der Waals surface area contributed by atoms with Crippen molar-refractivity contribution in [1.29, 1.82) is 0 Å². The topological polar surface area (TPSA) is 67.9 Å². The lowest BCUT2D eigenvalue weighted by Gasteiger charge is -2.33. The van der Waals surface area contributed by atoms with E-state index in [1.54, 1.807) is 44.2 Å². The highest BCUT2D eigenvalue weighted by atomic mass is 19.4. The van der Waals surface area contributed by atoms with Crippen molar-refractivity contribution in [2.75, 3.05) is 13.2 Å². The van der Waals surface area contributed by atoms with E-state index < -0.39 is 41.7 Å². The van der Waals surface area contributed by atoms with E-state index in [0.717, 1.165) is 17.0 Å². The summed E-state index contributed by atoms with van der Waals surface area (Å²) in [6, 6.07) is 10.2.